The third kappa shape index (κ3) is 24.9. The van der Waals surface area contributed by atoms with E-state index in [9.17, 15) is 14.7 Å². The van der Waals surface area contributed by atoms with Gasteiger partial charge in [-0.05, 0) is 42.6 Å². The number of phenolic OH excluding ortho intramolecular Hbond substituents is 1. The number of aromatic hydroxyl groups is 1. The average Bonchev–Trinajstić information content (AvgIpc) is 3.46. The lowest BCUT2D eigenvalue weighted by atomic mass is 10.3. The van der Waals surface area contributed by atoms with Crippen molar-refractivity contribution in [3.05, 3.63) is 48.7 Å². The zero-order chi connectivity index (χ0) is 37.3. The molecule has 0 unspecified atom stereocenters. The minimum absolute atomic E-state index is 0.145. The Morgan fingerprint density at radius 2 is 1.00 bits per heavy atom. The minimum Gasteiger partial charge on any atom is -0.508 e. The summed E-state index contributed by atoms with van der Waals surface area (Å²) < 4.78 is 49.3. The smallest absolute Gasteiger partial charge is 0.251 e. The van der Waals surface area contributed by atoms with Gasteiger partial charge in [0.25, 0.3) is 5.91 Å². The van der Waals surface area contributed by atoms with E-state index >= 15 is 0 Å². The molecule has 0 radical (unpaired) electrons. The monoisotopic (exact) mass is 756 g/mol. The third-order valence-corrected chi connectivity index (χ3v) is 7.04. The van der Waals surface area contributed by atoms with Gasteiger partial charge in [-0.3, -0.25) is 9.59 Å². The Bertz CT molecular complexity index is 1130. The van der Waals surface area contributed by atoms with Crippen molar-refractivity contribution < 1.29 is 57.3 Å². The second-order valence-corrected chi connectivity index (χ2v) is 11.3. The molecule has 0 saturated heterocycles. The number of allylic oxidation sites excluding steroid dienone is 1. The van der Waals surface area contributed by atoms with Gasteiger partial charge in [-0.1, -0.05) is 6.58 Å². The fourth-order valence-corrected chi connectivity index (χ4v) is 4.35. The van der Waals surface area contributed by atoms with Crippen molar-refractivity contribution in [3.63, 3.8) is 0 Å². The average molecular weight is 757 g/mol. The second-order valence-electron chi connectivity index (χ2n) is 10.9. The molecule has 17 heteroatoms. The van der Waals surface area contributed by atoms with Crippen LogP contribution in [0.2, 0.25) is 0 Å². The van der Waals surface area contributed by atoms with Crippen LogP contribution in [-0.4, -0.2) is 165 Å². The number of nitrogens with zero attached hydrogens (tertiary/aromatic N) is 1. The summed E-state index contributed by atoms with van der Waals surface area (Å²) in [4.78, 5) is 25.0. The van der Waals surface area contributed by atoms with Crippen LogP contribution in [0.3, 0.4) is 0 Å². The lowest BCUT2D eigenvalue weighted by Crippen LogP contribution is -2.32. The lowest BCUT2D eigenvalue weighted by Gasteiger charge is -2.16. The molecule has 0 aliphatic carbocycles. The van der Waals surface area contributed by atoms with Crippen molar-refractivity contribution in [1.82, 2.24) is 15.5 Å². The van der Waals surface area contributed by atoms with E-state index in [4.69, 9.17) is 54.8 Å². The molecule has 16 nitrogen and oxygen atoms in total. The number of anilines is 1. The van der Waals surface area contributed by atoms with E-state index in [2.05, 4.69) is 22.5 Å². The first kappa shape index (κ1) is 44.9. The van der Waals surface area contributed by atoms with Gasteiger partial charge in [-0.15, -0.1) is 0 Å². The van der Waals surface area contributed by atoms with Gasteiger partial charge in [-0.2, -0.15) is 0 Å². The van der Waals surface area contributed by atoms with Crippen molar-refractivity contribution >= 4 is 34.8 Å². The van der Waals surface area contributed by atoms with Gasteiger partial charge in [-0.25, -0.2) is 0 Å². The van der Waals surface area contributed by atoms with E-state index in [1.54, 1.807) is 30.3 Å². The summed E-state index contributed by atoms with van der Waals surface area (Å²) in [6.07, 6.45) is 3.29. The molecule has 2 rings (SSSR count). The fourth-order valence-electron chi connectivity index (χ4n) is 4.13. The Hall–Kier alpha value is -3.23. The van der Waals surface area contributed by atoms with Crippen LogP contribution >= 0.6 is 12.2 Å². The van der Waals surface area contributed by atoms with Gasteiger partial charge in [0.2, 0.25) is 5.91 Å². The van der Waals surface area contributed by atoms with Gasteiger partial charge in [0.05, 0.1) is 119 Å². The zero-order valence-corrected chi connectivity index (χ0v) is 30.8. The highest BCUT2D eigenvalue weighted by atomic mass is 32.1. The summed E-state index contributed by atoms with van der Waals surface area (Å²) in [6, 6.07) is 6.65. The molecule has 0 aromatic heterocycles. The van der Waals surface area contributed by atoms with E-state index in [-0.39, 0.29) is 24.0 Å². The van der Waals surface area contributed by atoms with Crippen LogP contribution < -0.4 is 16.0 Å². The molecule has 1 aliphatic rings. The quantitative estimate of drug-likeness (QED) is 0.0449. The van der Waals surface area contributed by atoms with Crippen LogP contribution in [0.15, 0.2) is 48.7 Å². The van der Waals surface area contributed by atoms with Gasteiger partial charge >= 0.3 is 0 Å². The predicted octanol–water partition coefficient (Wildman–Crippen LogP) is 1.25. The van der Waals surface area contributed by atoms with E-state index in [1.165, 1.54) is 11.0 Å². The largest absolute Gasteiger partial charge is 0.508 e. The van der Waals surface area contributed by atoms with Crippen LogP contribution in [0, 0.1) is 0 Å². The highest BCUT2D eigenvalue weighted by molar-refractivity contribution is 7.80. The number of thiocarbonyl (C=S) groups is 1. The van der Waals surface area contributed by atoms with Gasteiger partial charge in [0, 0.05) is 43.5 Å². The molecule has 0 fully saturated rings. The summed E-state index contributed by atoms with van der Waals surface area (Å²) in [5.41, 5.74) is 1.39. The maximum absolute atomic E-state index is 11.9. The Balaban J connectivity index is 1.17. The van der Waals surface area contributed by atoms with Crippen LogP contribution in [0.5, 0.6) is 5.75 Å². The van der Waals surface area contributed by atoms with Gasteiger partial charge < -0.3 is 68.6 Å². The lowest BCUT2D eigenvalue weighted by molar-refractivity contribution is -0.124. The molecule has 1 aromatic rings. The number of hydrogen-bond acceptors (Lipinski definition) is 13. The topological polar surface area (TPSA) is 177 Å². The molecule has 0 spiro atoms. The maximum Gasteiger partial charge on any atom is 0.251 e. The summed E-state index contributed by atoms with van der Waals surface area (Å²) in [6.45, 7) is 13.4. The van der Waals surface area contributed by atoms with Crippen LogP contribution in [0.25, 0.3) is 0 Å². The fraction of sp³-hybridized carbons (Fsp3) is 0.629. The molecule has 4 N–H and O–H groups in total. The number of nitrogens with one attached hydrogen (secondary N) is 3. The zero-order valence-electron chi connectivity index (χ0n) is 30.0. The first-order valence-electron chi connectivity index (χ1n) is 17.4. The van der Waals surface area contributed by atoms with Gasteiger partial charge in [0.1, 0.15) is 5.75 Å². The van der Waals surface area contributed by atoms with Crippen molar-refractivity contribution in [3.8, 4) is 5.75 Å². The minimum atomic E-state index is -0.149. The van der Waals surface area contributed by atoms with E-state index in [1.807, 2.05) is 0 Å². The summed E-state index contributed by atoms with van der Waals surface area (Å²) in [5.74, 6) is -0.0922. The summed E-state index contributed by atoms with van der Waals surface area (Å²) in [5, 5.41) is 18.6. The Labute approximate surface area is 312 Å². The second kappa shape index (κ2) is 31.3. The van der Waals surface area contributed by atoms with E-state index in [0.29, 0.717) is 149 Å². The number of benzene rings is 1. The summed E-state index contributed by atoms with van der Waals surface area (Å²) in [7, 11) is 0. The standard InChI is InChI=1S/C35H56N4O12S/c1-30-2-7-34(42)39(30)11-8-33(41)36-9-12-43-14-16-45-18-20-47-22-24-49-26-28-51-29-27-50-25-23-48-21-19-46-17-15-44-13-10-37-35(52)38-31-3-5-32(40)6-4-31/h2-7,40H,1,8-29H2,(H,36,41)(H2,37,38,52). The van der Waals surface area contributed by atoms with E-state index in [0.717, 1.165) is 5.69 Å². The molecule has 294 valence electrons. The number of carbonyl (C=O) groups excluding carboxylic acids is 2. The molecule has 52 heavy (non-hydrogen) atoms. The molecule has 0 saturated carbocycles. The number of phenols is 1. The SMILES string of the molecule is C=C1C=CC(=O)N1CCC(=O)NCCOCCOCCOCCOCCOCCOCCOCCOCCOCCNC(=S)Nc1ccc(O)cc1. The van der Waals surface area contributed by atoms with Crippen molar-refractivity contribution in [2.75, 3.05) is 144 Å². The molecular formula is C35H56N4O12S. The highest BCUT2D eigenvalue weighted by Gasteiger charge is 2.19. The number of ether oxygens (including phenoxy) is 9. The van der Waals surface area contributed by atoms with Crippen LogP contribution in [0.1, 0.15) is 6.42 Å². The normalized spacial score (nSPS) is 12.5. The molecule has 0 atom stereocenters. The highest BCUT2D eigenvalue weighted by Crippen LogP contribution is 2.14. The molecule has 0 bridgehead atoms. The molecular weight excluding hydrogens is 700 g/mol. The maximum atomic E-state index is 11.9. The van der Waals surface area contributed by atoms with Crippen LogP contribution in [-0.2, 0) is 52.2 Å². The van der Waals surface area contributed by atoms with Crippen LogP contribution in [0.4, 0.5) is 5.69 Å². The first-order valence-corrected chi connectivity index (χ1v) is 17.9. The third-order valence-electron chi connectivity index (χ3n) is 6.80. The Morgan fingerprint density at radius 3 is 1.38 bits per heavy atom. The number of amides is 2. The molecule has 2 amide bonds. The number of rotatable bonds is 34. The van der Waals surface area contributed by atoms with Crippen molar-refractivity contribution in [1.29, 1.82) is 0 Å². The van der Waals surface area contributed by atoms with E-state index < -0.39 is 0 Å². The Kier molecular flexibility index (Phi) is 27.1. The molecule has 1 aliphatic heterocycles. The number of hydrogen-bond donors (Lipinski definition) is 4. The molecule has 1 heterocycles. The van der Waals surface area contributed by atoms with Gasteiger partial charge in [0.15, 0.2) is 5.11 Å². The Morgan fingerprint density at radius 1 is 0.615 bits per heavy atom. The van der Waals surface area contributed by atoms with Crippen molar-refractivity contribution in [2.45, 2.75) is 6.42 Å². The number of carbonyl (C=O) groups is 2. The van der Waals surface area contributed by atoms with Crippen molar-refractivity contribution in [2.24, 2.45) is 0 Å². The molecule has 1 aromatic carbocycles. The first-order chi connectivity index (χ1) is 25.5. The predicted molar refractivity (Wildman–Crippen MR) is 197 cm³/mol. The summed E-state index contributed by atoms with van der Waals surface area (Å²) >= 11 is 5.22.